The Morgan fingerprint density at radius 3 is 2.58 bits per heavy atom. The molecule has 0 aromatic carbocycles. The number of aromatic nitrogens is 1. The number of ether oxygens (including phenoxy) is 2. The van der Waals surface area contributed by atoms with Crippen LogP contribution in [-0.2, 0) is 14.3 Å². The number of hydrogen-bond donors (Lipinski definition) is 0. The molecule has 4 rings (SSSR count). The van der Waals surface area contributed by atoms with Gasteiger partial charge in [0, 0.05) is 56.5 Å². The molecule has 0 N–H and O–H groups in total. The van der Waals surface area contributed by atoms with Crippen molar-refractivity contribution in [3.8, 4) is 0 Å². The van der Waals surface area contributed by atoms with E-state index in [0.717, 1.165) is 0 Å². The molecule has 0 unspecified atom stereocenters. The van der Waals surface area contributed by atoms with Gasteiger partial charge in [-0.25, -0.2) is 0 Å². The summed E-state index contributed by atoms with van der Waals surface area (Å²) in [5, 5.41) is 0. The number of nitrogens with zero attached hydrogens (tertiary/aromatic N) is 3. The van der Waals surface area contributed by atoms with Crippen molar-refractivity contribution in [2.24, 2.45) is 17.8 Å². The van der Waals surface area contributed by atoms with Crippen LogP contribution in [0.1, 0.15) is 16.8 Å². The zero-order chi connectivity index (χ0) is 17.9. The van der Waals surface area contributed by atoms with Gasteiger partial charge < -0.3 is 19.3 Å². The molecule has 0 bridgehead atoms. The van der Waals surface area contributed by atoms with Crippen LogP contribution in [0, 0.1) is 17.8 Å². The molecule has 1 aromatic heterocycles. The molecule has 3 aliphatic heterocycles. The fraction of sp³-hybridized carbons (Fsp3) is 0.632. The molecule has 3 fully saturated rings. The van der Waals surface area contributed by atoms with Crippen molar-refractivity contribution in [1.29, 1.82) is 0 Å². The minimum atomic E-state index is 0.0417. The summed E-state index contributed by atoms with van der Waals surface area (Å²) in [6.07, 6.45) is 3.78. The first-order valence-electron chi connectivity index (χ1n) is 9.35. The summed E-state index contributed by atoms with van der Waals surface area (Å²) in [6.45, 7) is 5.27. The molecular formula is C19H25N3O4. The smallest absolute Gasteiger partial charge is 0.253 e. The van der Waals surface area contributed by atoms with Crippen LogP contribution in [0.2, 0.25) is 0 Å². The lowest BCUT2D eigenvalue weighted by molar-refractivity contribution is -0.138. The van der Waals surface area contributed by atoms with E-state index >= 15 is 0 Å². The lowest BCUT2D eigenvalue weighted by atomic mass is 9.81. The number of fused-ring (bicyclic) bond motifs is 1. The predicted molar refractivity (Wildman–Crippen MR) is 93.4 cm³/mol. The van der Waals surface area contributed by atoms with Crippen LogP contribution < -0.4 is 0 Å². The number of amides is 2. The normalized spacial score (nSPS) is 28.7. The first-order valence-corrected chi connectivity index (χ1v) is 9.35. The second-order valence-corrected chi connectivity index (χ2v) is 7.36. The van der Waals surface area contributed by atoms with E-state index in [1.165, 1.54) is 0 Å². The third kappa shape index (κ3) is 3.59. The molecule has 3 saturated heterocycles. The Kier molecular flexibility index (Phi) is 5.17. The van der Waals surface area contributed by atoms with E-state index < -0.39 is 0 Å². The second kappa shape index (κ2) is 7.72. The van der Waals surface area contributed by atoms with Gasteiger partial charge in [0.2, 0.25) is 5.91 Å². The minimum Gasteiger partial charge on any atom is -0.381 e. The molecule has 0 spiro atoms. The summed E-state index contributed by atoms with van der Waals surface area (Å²) in [4.78, 5) is 33.1. The maximum absolute atomic E-state index is 12.7. The van der Waals surface area contributed by atoms with Crippen LogP contribution in [0.3, 0.4) is 0 Å². The van der Waals surface area contributed by atoms with Gasteiger partial charge in [-0.05, 0) is 24.0 Å². The summed E-state index contributed by atoms with van der Waals surface area (Å²) in [5.41, 5.74) is 0.667. The Morgan fingerprint density at radius 1 is 1.04 bits per heavy atom. The van der Waals surface area contributed by atoms with Crippen molar-refractivity contribution in [2.45, 2.75) is 6.42 Å². The zero-order valence-corrected chi connectivity index (χ0v) is 14.9. The quantitative estimate of drug-likeness (QED) is 0.793. The number of pyridine rings is 1. The van der Waals surface area contributed by atoms with E-state index in [2.05, 4.69) is 4.98 Å². The van der Waals surface area contributed by atoms with E-state index in [9.17, 15) is 9.59 Å². The average Bonchev–Trinajstić information content (AvgIpc) is 3.14. The maximum Gasteiger partial charge on any atom is 0.253 e. The monoisotopic (exact) mass is 359 g/mol. The fourth-order valence-corrected chi connectivity index (χ4v) is 4.32. The van der Waals surface area contributed by atoms with Crippen molar-refractivity contribution in [3.63, 3.8) is 0 Å². The van der Waals surface area contributed by atoms with Crippen molar-refractivity contribution in [2.75, 3.05) is 52.6 Å². The highest BCUT2D eigenvalue weighted by Crippen LogP contribution is 2.36. The van der Waals surface area contributed by atoms with Crippen LogP contribution in [0.25, 0.3) is 0 Å². The third-order valence-corrected chi connectivity index (χ3v) is 5.78. The Morgan fingerprint density at radius 2 is 1.81 bits per heavy atom. The molecular weight excluding hydrogens is 334 g/mol. The van der Waals surface area contributed by atoms with Crippen LogP contribution in [0.15, 0.2) is 24.5 Å². The Bertz CT molecular complexity index is 647. The van der Waals surface area contributed by atoms with E-state index in [1.54, 1.807) is 24.5 Å². The van der Waals surface area contributed by atoms with Gasteiger partial charge in [0.25, 0.3) is 5.91 Å². The molecule has 0 radical (unpaired) electrons. The summed E-state index contributed by atoms with van der Waals surface area (Å²) in [5.74, 6) is 1.05. The summed E-state index contributed by atoms with van der Waals surface area (Å²) in [6, 6.07) is 3.50. The molecule has 4 heterocycles. The van der Waals surface area contributed by atoms with Gasteiger partial charge >= 0.3 is 0 Å². The predicted octanol–water partition coefficient (Wildman–Crippen LogP) is 0.665. The first-order chi connectivity index (χ1) is 12.7. The van der Waals surface area contributed by atoms with Gasteiger partial charge in [-0.2, -0.15) is 0 Å². The van der Waals surface area contributed by atoms with Crippen molar-refractivity contribution < 1.29 is 19.1 Å². The average molecular weight is 359 g/mol. The third-order valence-electron chi connectivity index (χ3n) is 5.78. The van der Waals surface area contributed by atoms with Gasteiger partial charge in [-0.3, -0.25) is 14.6 Å². The molecule has 1 aromatic rings. The van der Waals surface area contributed by atoms with Crippen LogP contribution in [0.4, 0.5) is 0 Å². The lowest BCUT2D eigenvalue weighted by Crippen LogP contribution is -2.44. The second-order valence-electron chi connectivity index (χ2n) is 7.36. The van der Waals surface area contributed by atoms with Crippen LogP contribution in [0.5, 0.6) is 0 Å². The number of hydrogen-bond acceptors (Lipinski definition) is 5. The number of carbonyl (C=O) groups is 2. The largest absolute Gasteiger partial charge is 0.381 e. The highest BCUT2D eigenvalue weighted by molar-refractivity contribution is 5.94. The zero-order valence-electron chi connectivity index (χ0n) is 14.9. The molecule has 26 heavy (non-hydrogen) atoms. The van der Waals surface area contributed by atoms with Gasteiger partial charge in [0.05, 0.1) is 26.4 Å². The Hall–Kier alpha value is -1.99. The highest BCUT2D eigenvalue weighted by atomic mass is 16.5. The maximum atomic E-state index is 12.7. The summed E-state index contributed by atoms with van der Waals surface area (Å²) >= 11 is 0. The van der Waals surface area contributed by atoms with Crippen molar-refractivity contribution >= 4 is 11.8 Å². The SMILES string of the molecule is O=C(C[C@@H]1COC[C@H]2CN(C(=O)c3ccncc3)C[C@@H]12)N1CCOCC1. The molecule has 7 nitrogen and oxygen atoms in total. The molecule has 140 valence electrons. The molecule has 0 aliphatic carbocycles. The van der Waals surface area contributed by atoms with Crippen molar-refractivity contribution in [3.05, 3.63) is 30.1 Å². The number of morpholine rings is 1. The van der Waals surface area contributed by atoms with Crippen LogP contribution in [-0.4, -0.2) is 79.2 Å². The summed E-state index contributed by atoms with van der Waals surface area (Å²) < 4.78 is 11.1. The Balaban J connectivity index is 1.40. The van der Waals surface area contributed by atoms with Gasteiger partial charge in [-0.1, -0.05) is 0 Å². The van der Waals surface area contributed by atoms with E-state index in [4.69, 9.17) is 9.47 Å². The summed E-state index contributed by atoms with van der Waals surface area (Å²) in [7, 11) is 0. The first kappa shape index (κ1) is 17.4. The van der Waals surface area contributed by atoms with Gasteiger partial charge in [-0.15, -0.1) is 0 Å². The van der Waals surface area contributed by atoms with Crippen LogP contribution >= 0.6 is 0 Å². The van der Waals surface area contributed by atoms with Gasteiger partial charge in [0.1, 0.15) is 0 Å². The number of carbonyl (C=O) groups excluding carboxylic acids is 2. The molecule has 3 aliphatic rings. The standard InChI is InChI=1S/C19H25N3O4/c23-18(21-5-7-25-8-6-21)9-15-12-26-13-16-10-22(11-17(15)16)19(24)14-1-3-20-4-2-14/h1-4,15-17H,5-13H2/t15-,16-,17+/m1/s1. The topological polar surface area (TPSA) is 72.0 Å². The van der Waals surface area contributed by atoms with E-state index in [0.29, 0.717) is 76.4 Å². The number of likely N-dealkylation sites (tertiary alicyclic amines) is 1. The molecule has 7 heteroatoms. The van der Waals surface area contributed by atoms with Crippen molar-refractivity contribution in [1.82, 2.24) is 14.8 Å². The van der Waals surface area contributed by atoms with Gasteiger partial charge in [0.15, 0.2) is 0 Å². The number of rotatable bonds is 3. The molecule has 3 atom stereocenters. The molecule has 0 saturated carbocycles. The van der Waals surface area contributed by atoms with E-state index in [-0.39, 0.29) is 17.7 Å². The minimum absolute atomic E-state index is 0.0417. The lowest BCUT2D eigenvalue weighted by Gasteiger charge is -2.34. The highest BCUT2D eigenvalue weighted by Gasteiger charge is 2.43. The Labute approximate surface area is 153 Å². The van der Waals surface area contributed by atoms with E-state index in [1.807, 2.05) is 9.80 Å². The fourth-order valence-electron chi connectivity index (χ4n) is 4.32. The molecule has 2 amide bonds.